The van der Waals surface area contributed by atoms with Crippen molar-refractivity contribution in [1.82, 2.24) is 4.98 Å². The van der Waals surface area contributed by atoms with Crippen LogP contribution in [0.25, 0.3) is 0 Å². The zero-order chi connectivity index (χ0) is 14.0. The lowest BCUT2D eigenvalue weighted by molar-refractivity contribution is 0.873. The Morgan fingerprint density at radius 3 is 2.68 bits per heavy atom. The highest BCUT2D eigenvalue weighted by Crippen LogP contribution is 2.29. The van der Waals surface area contributed by atoms with Crippen LogP contribution >= 0.6 is 11.6 Å². The predicted molar refractivity (Wildman–Crippen MR) is 81.7 cm³/mol. The summed E-state index contributed by atoms with van der Waals surface area (Å²) in [5.41, 5.74) is 10.7. The number of halogens is 1. The minimum absolute atomic E-state index is 0.588. The van der Waals surface area contributed by atoms with Gasteiger partial charge in [-0.1, -0.05) is 17.7 Å². The van der Waals surface area contributed by atoms with Gasteiger partial charge in [0.05, 0.1) is 22.9 Å². The van der Waals surface area contributed by atoms with Crippen LogP contribution in [0.4, 0.5) is 11.4 Å². The molecule has 2 N–H and O–H groups in total. The van der Waals surface area contributed by atoms with Gasteiger partial charge in [0, 0.05) is 18.4 Å². The van der Waals surface area contributed by atoms with E-state index >= 15 is 0 Å². The molecule has 2 aromatic rings. The van der Waals surface area contributed by atoms with E-state index < -0.39 is 0 Å². The Labute approximate surface area is 119 Å². The molecule has 0 aliphatic heterocycles. The largest absolute Gasteiger partial charge is 0.398 e. The highest BCUT2D eigenvalue weighted by atomic mass is 35.5. The van der Waals surface area contributed by atoms with Crippen LogP contribution in [0.15, 0.2) is 30.3 Å². The Balaban J connectivity index is 2.25. The first-order valence-electron chi connectivity index (χ1n) is 6.16. The van der Waals surface area contributed by atoms with Gasteiger partial charge in [-0.15, -0.1) is 0 Å². The van der Waals surface area contributed by atoms with Crippen LogP contribution in [-0.2, 0) is 6.54 Å². The normalized spacial score (nSPS) is 10.5. The number of anilines is 2. The van der Waals surface area contributed by atoms with E-state index in [-0.39, 0.29) is 0 Å². The zero-order valence-electron chi connectivity index (χ0n) is 11.4. The first-order chi connectivity index (χ1) is 8.97. The average Bonchev–Trinajstić information content (AvgIpc) is 2.33. The maximum absolute atomic E-state index is 6.09. The Bertz CT molecular complexity index is 596. The summed E-state index contributed by atoms with van der Waals surface area (Å²) in [6.45, 7) is 4.76. The number of nitrogens with two attached hydrogens (primary N) is 1. The molecule has 0 unspecified atom stereocenters. The van der Waals surface area contributed by atoms with Gasteiger partial charge in [0.2, 0.25) is 0 Å². The third-order valence-electron chi connectivity index (χ3n) is 3.07. The van der Waals surface area contributed by atoms with Crippen LogP contribution in [0.5, 0.6) is 0 Å². The van der Waals surface area contributed by atoms with E-state index in [4.69, 9.17) is 17.3 Å². The van der Waals surface area contributed by atoms with E-state index in [1.54, 1.807) is 0 Å². The minimum atomic E-state index is 0.588. The van der Waals surface area contributed by atoms with Crippen LogP contribution in [0.3, 0.4) is 0 Å². The van der Waals surface area contributed by atoms with Gasteiger partial charge >= 0.3 is 0 Å². The molecule has 4 heteroatoms. The molecule has 3 nitrogen and oxygen atoms in total. The van der Waals surface area contributed by atoms with Crippen molar-refractivity contribution in [2.75, 3.05) is 17.7 Å². The van der Waals surface area contributed by atoms with Gasteiger partial charge < -0.3 is 10.6 Å². The van der Waals surface area contributed by atoms with Crippen molar-refractivity contribution >= 4 is 23.0 Å². The maximum Gasteiger partial charge on any atom is 0.0656 e. The van der Waals surface area contributed by atoms with Crippen molar-refractivity contribution in [2.45, 2.75) is 20.4 Å². The molecule has 0 amide bonds. The summed E-state index contributed by atoms with van der Waals surface area (Å²) >= 11 is 6.09. The standard InChI is InChI=1S/C15H18ClN3/c1-10-7-14(17)13(16)8-15(10)19(3)9-12-6-4-5-11(2)18-12/h4-8H,9,17H2,1-3H3. The van der Waals surface area contributed by atoms with E-state index in [2.05, 4.69) is 9.88 Å². The second-order valence-corrected chi connectivity index (χ2v) is 5.19. The van der Waals surface area contributed by atoms with Crippen molar-refractivity contribution in [2.24, 2.45) is 0 Å². The lowest BCUT2D eigenvalue weighted by Crippen LogP contribution is -2.18. The molecular formula is C15H18ClN3. The zero-order valence-corrected chi connectivity index (χ0v) is 12.2. The molecular weight excluding hydrogens is 258 g/mol. The monoisotopic (exact) mass is 275 g/mol. The number of pyridine rings is 1. The molecule has 0 spiro atoms. The second kappa shape index (κ2) is 5.49. The van der Waals surface area contributed by atoms with Gasteiger partial charge in [-0.25, -0.2) is 0 Å². The lowest BCUT2D eigenvalue weighted by Gasteiger charge is -2.22. The van der Waals surface area contributed by atoms with Gasteiger partial charge in [-0.3, -0.25) is 4.98 Å². The Hall–Kier alpha value is -1.74. The van der Waals surface area contributed by atoms with Crippen LogP contribution in [0, 0.1) is 13.8 Å². The molecule has 0 bridgehead atoms. The summed E-state index contributed by atoms with van der Waals surface area (Å²) in [6.07, 6.45) is 0. The Kier molecular flexibility index (Phi) is 3.96. The quantitative estimate of drug-likeness (QED) is 0.871. The summed E-state index contributed by atoms with van der Waals surface area (Å²) in [7, 11) is 2.03. The number of nitrogen functional groups attached to an aromatic ring is 1. The number of benzene rings is 1. The van der Waals surface area contributed by atoms with Crippen LogP contribution in [0.1, 0.15) is 17.0 Å². The molecule has 0 radical (unpaired) electrons. The molecule has 1 aromatic heterocycles. The van der Waals surface area contributed by atoms with Gasteiger partial charge in [0.25, 0.3) is 0 Å². The van der Waals surface area contributed by atoms with Gasteiger partial charge in [0.15, 0.2) is 0 Å². The van der Waals surface area contributed by atoms with E-state index in [1.165, 1.54) is 0 Å². The van der Waals surface area contributed by atoms with E-state index in [9.17, 15) is 0 Å². The van der Waals surface area contributed by atoms with Gasteiger partial charge in [0.1, 0.15) is 0 Å². The fourth-order valence-electron chi connectivity index (χ4n) is 2.12. The molecule has 1 heterocycles. The summed E-state index contributed by atoms with van der Waals surface area (Å²) in [5.74, 6) is 0. The molecule has 1 aromatic carbocycles. The number of hydrogen-bond acceptors (Lipinski definition) is 3. The number of nitrogens with zero attached hydrogens (tertiary/aromatic N) is 2. The summed E-state index contributed by atoms with van der Waals surface area (Å²) in [5, 5.41) is 0.588. The van der Waals surface area contributed by atoms with Crippen molar-refractivity contribution in [3.63, 3.8) is 0 Å². The van der Waals surface area contributed by atoms with Gasteiger partial charge in [-0.2, -0.15) is 0 Å². The summed E-state index contributed by atoms with van der Waals surface area (Å²) in [6, 6.07) is 9.85. The topological polar surface area (TPSA) is 42.1 Å². The minimum Gasteiger partial charge on any atom is -0.398 e. The number of aryl methyl sites for hydroxylation is 2. The highest BCUT2D eigenvalue weighted by Gasteiger charge is 2.09. The molecule has 0 aliphatic carbocycles. The van der Waals surface area contributed by atoms with Crippen molar-refractivity contribution in [3.8, 4) is 0 Å². The molecule has 0 saturated carbocycles. The smallest absolute Gasteiger partial charge is 0.0656 e. The third kappa shape index (κ3) is 3.18. The van der Waals surface area contributed by atoms with Crippen molar-refractivity contribution in [3.05, 3.63) is 52.3 Å². The third-order valence-corrected chi connectivity index (χ3v) is 3.40. The Morgan fingerprint density at radius 1 is 1.26 bits per heavy atom. The van der Waals surface area contributed by atoms with Crippen LogP contribution < -0.4 is 10.6 Å². The maximum atomic E-state index is 6.09. The second-order valence-electron chi connectivity index (χ2n) is 4.79. The Morgan fingerprint density at radius 2 is 2.00 bits per heavy atom. The van der Waals surface area contributed by atoms with Crippen LogP contribution in [-0.4, -0.2) is 12.0 Å². The van der Waals surface area contributed by atoms with Crippen molar-refractivity contribution < 1.29 is 0 Å². The fraction of sp³-hybridized carbons (Fsp3) is 0.267. The average molecular weight is 276 g/mol. The highest BCUT2D eigenvalue weighted by molar-refractivity contribution is 6.33. The summed E-state index contributed by atoms with van der Waals surface area (Å²) < 4.78 is 0. The number of aromatic nitrogens is 1. The fourth-order valence-corrected chi connectivity index (χ4v) is 2.28. The first-order valence-corrected chi connectivity index (χ1v) is 6.54. The molecule has 0 aliphatic rings. The van der Waals surface area contributed by atoms with E-state index in [0.29, 0.717) is 10.7 Å². The summed E-state index contributed by atoms with van der Waals surface area (Å²) in [4.78, 5) is 6.64. The van der Waals surface area contributed by atoms with E-state index in [1.807, 2.05) is 51.2 Å². The molecule has 19 heavy (non-hydrogen) atoms. The van der Waals surface area contributed by atoms with Crippen molar-refractivity contribution in [1.29, 1.82) is 0 Å². The predicted octanol–water partition coefficient (Wildman–Crippen LogP) is 3.57. The number of hydrogen-bond donors (Lipinski definition) is 1. The number of rotatable bonds is 3. The molecule has 0 saturated heterocycles. The van der Waals surface area contributed by atoms with Crippen LogP contribution in [0.2, 0.25) is 5.02 Å². The molecule has 100 valence electrons. The SMILES string of the molecule is Cc1cccc(CN(C)c2cc(Cl)c(N)cc2C)n1. The molecule has 2 rings (SSSR count). The van der Waals surface area contributed by atoms with E-state index in [0.717, 1.165) is 29.2 Å². The van der Waals surface area contributed by atoms with Gasteiger partial charge in [-0.05, 0) is 43.7 Å². The molecule has 0 atom stereocenters. The first kappa shape index (κ1) is 13.7. The lowest BCUT2D eigenvalue weighted by atomic mass is 10.1. The molecule has 0 fully saturated rings.